The zero-order valence-corrected chi connectivity index (χ0v) is 13.6. The molecule has 0 spiro atoms. The molecule has 0 bridgehead atoms. The van der Waals surface area contributed by atoms with Crippen LogP contribution in [-0.2, 0) is 6.54 Å². The van der Waals surface area contributed by atoms with Gasteiger partial charge in [0.15, 0.2) is 0 Å². The van der Waals surface area contributed by atoms with Gasteiger partial charge in [-0.1, -0.05) is 12.1 Å². The molecule has 128 valence electrons. The normalized spacial score (nSPS) is 10.0. The van der Waals surface area contributed by atoms with Gasteiger partial charge in [-0.15, -0.1) is 0 Å². The first-order valence-electron chi connectivity index (χ1n) is 7.77. The molecule has 0 aliphatic rings. The Balaban J connectivity index is 1.64. The molecule has 1 amide bonds. The van der Waals surface area contributed by atoms with E-state index in [2.05, 4.69) is 20.6 Å². The second kappa shape index (κ2) is 7.85. The van der Waals surface area contributed by atoms with Crippen molar-refractivity contribution in [2.45, 2.75) is 6.54 Å². The quantitative estimate of drug-likeness (QED) is 0.738. The summed E-state index contributed by atoms with van der Waals surface area (Å²) >= 11 is 0. The number of hydrogen-bond acceptors (Lipinski definition) is 5. The topological polar surface area (TPSA) is 90.7 Å². The van der Waals surface area contributed by atoms with Gasteiger partial charge in [0, 0.05) is 18.4 Å². The predicted octanol–water partition coefficient (Wildman–Crippen LogP) is 3.35. The Kier molecular flexibility index (Phi) is 5.15. The number of aromatic nitrogens is 2. The second-order valence-corrected chi connectivity index (χ2v) is 5.39. The van der Waals surface area contributed by atoms with E-state index in [0.29, 0.717) is 23.7 Å². The molecule has 0 atom stereocenters. The van der Waals surface area contributed by atoms with Gasteiger partial charge in [-0.3, -0.25) is 4.79 Å². The Morgan fingerprint density at radius 3 is 2.50 bits per heavy atom. The van der Waals surface area contributed by atoms with E-state index < -0.39 is 0 Å². The highest BCUT2D eigenvalue weighted by Gasteiger charge is 2.09. The minimum absolute atomic E-state index is 0.200. The van der Waals surface area contributed by atoms with Gasteiger partial charge in [0.25, 0.3) is 5.91 Å². The minimum atomic E-state index is -0.387. The Labute approximate surface area is 149 Å². The lowest BCUT2D eigenvalue weighted by Gasteiger charge is -2.07. The van der Waals surface area contributed by atoms with E-state index in [1.165, 1.54) is 24.4 Å². The van der Waals surface area contributed by atoms with E-state index in [0.717, 1.165) is 5.56 Å². The standard InChI is InChI=1S/C19H14FN5O/c20-15-5-1-14(2-6-15)12-23-19-22-10-9-17(25-19)18(26)24-16-7-3-13(11-21)4-8-16/h1-10H,12H2,(H,24,26)(H,22,23,25). The summed E-state index contributed by atoms with van der Waals surface area (Å²) < 4.78 is 12.9. The summed E-state index contributed by atoms with van der Waals surface area (Å²) in [7, 11) is 0. The highest BCUT2D eigenvalue weighted by Crippen LogP contribution is 2.11. The molecule has 3 aromatic rings. The fourth-order valence-corrected chi connectivity index (χ4v) is 2.18. The molecule has 26 heavy (non-hydrogen) atoms. The summed E-state index contributed by atoms with van der Waals surface area (Å²) in [5.41, 5.74) is 2.14. The molecule has 0 aliphatic heterocycles. The number of hydrogen-bond donors (Lipinski definition) is 2. The maximum atomic E-state index is 12.9. The zero-order chi connectivity index (χ0) is 18.4. The van der Waals surface area contributed by atoms with Crippen LogP contribution in [0.25, 0.3) is 0 Å². The molecule has 2 aromatic carbocycles. The number of amides is 1. The van der Waals surface area contributed by atoms with Crippen molar-refractivity contribution in [3.05, 3.63) is 83.4 Å². The number of carbonyl (C=O) groups excluding carboxylic acids is 1. The Bertz CT molecular complexity index is 949. The Morgan fingerprint density at radius 1 is 1.08 bits per heavy atom. The third-order valence-electron chi connectivity index (χ3n) is 3.52. The first-order chi connectivity index (χ1) is 12.6. The van der Waals surface area contributed by atoms with Crippen LogP contribution in [0.2, 0.25) is 0 Å². The minimum Gasteiger partial charge on any atom is -0.350 e. The summed E-state index contributed by atoms with van der Waals surface area (Å²) in [6.45, 7) is 0.404. The lowest BCUT2D eigenvalue weighted by molar-refractivity contribution is 0.102. The molecule has 0 unspecified atom stereocenters. The predicted molar refractivity (Wildman–Crippen MR) is 94.9 cm³/mol. The first-order valence-corrected chi connectivity index (χ1v) is 7.77. The van der Waals surface area contributed by atoms with Crippen molar-refractivity contribution in [1.82, 2.24) is 9.97 Å². The van der Waals surface area contributed by atoms with Crippen LogP contribution in [0, 0.1) is 17.1 Å². The van der Waals surface area contributed by atoms with Gasteiger partial charge in [0.1, 0.15) is 11.5 Å². The molecular formula is C19H14FN5O. The van der Waals surface area contributed by atoms with Gasteiger partial charge in [-0.05, 0) is 48.0 Å². The van der Waals surface area contributed by atoms with E-state index in [1.54, 1.807) is 36.4 Å². The van der Waals surface area contributed by atoms with E-state index in [-0.39, 0.29) is 17.4 Å². The van der Waals surface area contributed by atoms with Gasteiger partial charge in [-0.2, -0.15) is 5.26 Å². The van der Waals surface area contributed by atoms with Crippen LogP contribution in [0.4, 0.5) is 16.0 Å². The number of nitriles is 1. The zero-order valence-electron chi connectivity index (χ0n) is 13.6. The van der Waals surface area contributed by atoms with Gasteiger partial charge in [0.05, 0.1) is 11.6 Å². The average molecular weight is 347 g/mol. The molecule has 0 radical (unpaired) electrons. The van der Waals surface area contributed by atoms with Crippen molar-refractivity contribution in [2.24, 2.45) is 0 Å². The fraction of sp³-hybridized carbons (Fsp3) is 0.0526. The maximum absolute atomic E-state index is 12.9. The van der Waals surface area contributed by atoms with Crippen LogP contribution >= 0.6 is 0 Å². The molecule has 0 saturated carbocycles. The van der Waals surface area contributed by atoms with Crippen molar-refractivity contribution in [3.63, 3.8) is 0 Å². The van der Waals surface area contributed by atoms with Crippen LogP contribution in [0.5, 0.6) is 0 Å². The molecule has 3 rings (SSSR count). The van der Waals surface area contributed by atoms with E-state index in [1.807, 2.05) is 6.07 Å². The smallest absolute Gasteiger partial charge is 0.274 e. The van der Waals surface area contributed by atoms with Crippen molar-refractivity contribution in [3.8, 4) is 6.07 Å². The molecule has 2 N–H and O–H groups in total. The SMILES string of the molecule is N#Cc1ccc(NC(=O)c2ccnc(NCc3ccc(F)cc3)n2)cc1. The molecular weight excluding hydrogens is 333 g/mol. The van der Waals surface area contributed by atoms with Crippen LogP contribution in [0.3, 0.4) is 0 Å². The Morgan fingerprint density at radius 2 is 1.81 bits per heavy atom. The summed E-state index contributed by atoms with van der Waals surface area (Å²) in [5.74, 6) is -0.393. The van der Waals surface area contributed by atoms with Crippen molar-refractivity contribution in [2.75, 3.05) is 10.6 Å². The van der Waals surface area contributed by atoms with Gasteiger partial charge < -0.3 is 10.6 Å². The second-order valence-electron chi connectivity index (χ2n) is 5.39. The van der Waals surface area contributed by atoms with Crippen LogP contribution < -0.4 is 10.6 Å². The van der Waals surface area contributed by atoms with E-state index >= 15 is 0 Å². The number of nitrogens with one attached hydrogen (secondary N) is 2. The molecule has 7 heteroatoms. The molecule has 0 saturated heterocycles. The highest BCUT2D eigenvalue weighted by molar-refractivity contribution is 6.02. The fourth-order valence-electron chi connectivity index (χ4n) is 2.18. The molecule has 1 aromatic heterocycles. The van der Waals surface area contributed by atoms with Crippen molar-refractivity contribution >= 4 is 17.5 Å². The molecule has 1 heterocycles. The number of halogens is 1. The first kappa shape index (κ1) is 17.0. The van der Waals surface area contributed by atoms with Crippen molar-refractivity contribution < 1.29 is 9.18 Å². The van der Waals surface area contributed by atoms with Crippen LogP contribution in [-0.4, -0.2) is 15.9 Å². The monoisotopic (exact) mass is 347 g/mol. The van der Waals surface area contributed by atoms with Gasteiger partial charge in [-0.25, -0.2) is 14.4 Å². The summed E-state index contributed by atoms with van der Waals surface area (Å²) in [5, 5.41) is 14.5. The lowest BCUT2D eigenvalue weighted by atomic mass is 10.2. The maximum Gasteiger partial charge on any atom is 0.274 e. The van der Waals surface area contributed by atoms with E-state index in [9.17, 15) is 9.18 Å². The Hall–Kier alpha value is -3.79. The highest BCUT2D eigenvalue weighted by atomic mass is 19.1. The number of benzene rings is 2. The summed E-state index contributed by atoms with van der Waals surface area (Å²) in [6.07, 6.45) is 1.48. The molecule has 6 nitrogen and oxygen atoms in total. The number of anilines is 2. The molecule has 0 aliphatic carbocycles. The summed E-state index contributed by atoms with van der Waals surface area (Å²) in [6, 6.07) is 16.1. The summed E-state index contributed by atoms with van der Waals surface area (Å²) in [4.78, 5) is 20.5. The van der Waals surface area contributed by atoms with Gasteiger partial charge >= 0.3 is 0 Å². The van der Waals surface area contributed by atoms with E-state index in [4.69, 9.17) is 5.26 Å². The number of nitrogens with zero attached hydrogens (tertiary/aromatic N) is 3. The average Bonchev–Trinajstić information content (AvgIpc) is 2.68. The van der Waals surface area contributed by atoms with Gasteiger partial charge in [0.2, 0.25) is 5.95 Å². The third-order valence-corrected chi connectivity index (χ3v) is 3.52. The van der Waals surface area contributed by atoms with Crippen LogP contribution in [0.15, 0.2) is 60.8 Å². The number of carbonyl (C=O) groups is 1. The third kappa shape index (κ3) is 4.39. The van der Waals surface area contributed by atoms with Crippen LogP contribution in [0.1, 0.15) is 21.6 Å². The van der Waals surface area contributed by atoms with Crippen molar-refractivity contribution in [1.29, 1.82) is 5.26 Å². The number of rotatable bonds is 5. The largest absolute Gasteiger partial charge is 0.350 e. The lowest BCUT2D eigenvalue weighted by Crippen LogP contribution is -2.15. The molecule has 0 fully saturated rings.